The molecule has 0 fully saturated rings. The molecule has 0 unspecified atom stereocenters. The fourth-order valence-corrected chi connectivity index (χ4v) is 2.28. The number of carbonyl (C=O) groups excluding carboxylic acids is 1. The van der Waals surface area contributed by atoms with Crippen LogP contribution in [0.4, 0.5) is 11.8 Å². The van der Waals surface area contributed by atoms with Crippen LogP contribution in [0.2, 0.25) is 0 Å². The highest BCUT2D eigenvalue weighted by Gasteiger charge is 2.13. The number of aromatic amines is 1. The van der Waals surface area contributed by atoms with E-state index in [0.717, 1.165) is 5.39 Å². The number of aliphatic hydroxyl groups is 2. The summed E-state index contributed by atoms with van der Waals surface area (Å²) >= 11 is 0. The van der Waals surface area contributed by atoms with Gasteiger partial charge >= 0.3 is 0 Å². The Bertz CT molecular complexity index is 889. The van der Waals surface area contributed by atoms with Crippen molar-refractivity contribution in [2.24, 2.45) is 0 Å². The van der Waals surface area contributed by atoms with Gasteiger partial charge in [-0.3, -0.25) is 4.79 Å². The molecule has 0 aromatic carbocycles. The van der Waals surface area contributed by atoms with Crippen LogP contribution in [0.1, 0.15) is 16.1 Å². The predicted octanol–water partition coefficient (Wildman–Crippen LogP) is 0.651. The maximum absolute atomic E-state index is 12.0. The van der Waals surface area contributed by atoms with Gasteiger partial charge in [-0.2, -0.15) is 4.98 Å². The molecule has 1 amide bonds. The van der Waals surface area contributed by atoms with Gasteiger partial charge in [0.25, 0.3) is 5.91 Å². The maximum atomic E-state index is 12.0. The zero-order chi connectivity index (χ0) is 18.0. The molecule has 0 aliphatic heterocycles. The number of aromatic nitrogens is 4. The van der Waals surface area contributed by atoms with E-state index in [0.29, 0.717) is 28.7 Å². The Morgan fingerprint density at radius 2 is 2.08 bits per heavy atom. The van der Waals surface area contributed by atoms with Gasteiger partial charge in [-0.25, -0.2) is 9.97 Å². The van der Waals surface area contributed by atoms with Crippen molar-refractivity contribution in [3.63, 3.8) is 0 Å². The first-order chi connectivity index (χ1) is 11.9. The van der Waals surface area contributed by atoms with E-state index in [9.17, 15) is 4.79 Å². The molecule has 0 radical (unpaired) electrons. The number of aliphatic hydroxyl groups excluding tert-OH is 1. The Labute approximate surface area is 143 Å². The Morgan fingerprint density at radius 1 is 1.28 bits per heavy atom. The molecule has 4 N–H and O–H groups in total. The lowest BCUT2D eigenvalue weighted by Crippen LogP contribution is -2.21. The number of fused-ring (bicyclic) bond motifs is 1. The van der Waals surface area contributed by atoms with Crippen LogP contribution in [0.25, 0.3) is 11.0 Å². The average molecular weight is 342 g/mol. The van der Waals surface area contributed by atoms with Crippen molar-refractivity contribution >= 4 is 28.7 Å². The van der Waals surface area contributed by atoms with E-state index >= 15 is 0 Å². The van der Waals surface area contributed by atoms with Crippen LogP contribution in [-0.4, -0.2) is 61.3 Å². The zero-order valence-corrected chi connectivity index (χ0v) is 13.8. The Morgan fingerprint density at radius 3 is 2.72 bits per heavy atom. The summed E-state index contributed by atoms with van der Waals surface area (Å²) in [6.45, 7) is 0. The number of nitrogens with zero attached hydrogens (tertiary/aromatic N) is 4. The minimum Gasteiger partial charge on any atom is -0.368 e. The lowest BCUT2D eigenvalue weighted by molar-refractivity contribution is -0.0382. The summed E-state index contributed by atoms with van der Waals surface area (Å²) in [5.74, 6) is 0.711. The van der Waals surface area contributed by atoms with Crippen LogP contribution in [0.15, 0.2) is 30.6 Å². The molecule has 3 aromatic rings. The summed E-state index contributed by atoms with van der Waals surface area (Å²) in [5, 5.41) is 21.6. The van der Waals surface area contributed by atoms with Crippen molar-refractivity contribution in [2.75, 3.05) is 19.4 Å². The predicted molar refractivity (Wildman–Crippen MR) is 91.4 cm³/mol. The van der Waals surface area contributed by atoms with Gasteiger partial charge in [0.15, 0.2) is 6.29 Å². The second-order valence-electron chi connectivity index (χ2n) is 5.74. The third kappa shape index (κ3) is 3.90. The van der Waals surface area contributed by atoms with Gasteiger partial charge in [0.1, 0.15) is 17.2 Å². The largest absolute Gasteiger partial charge is 0.368 e. The molecular formula is C16H18N6O3. The SMILES string of the molecule is CN(C)C(=O)c1cc2cnc(Nc3ccc(CC(O)O)cn3)nc2[nH]1. The van der Waals surface area contributed by atoms with Gasteiger partial charge in [-0.15, -0.1) is 0 Å². The monoisotopic (exact) mass is 342 g/mol. The van der Waals surface area contributed by atoms with Crippen molar-refractivity contribution in [1.82, 2.24) is 24.8 Å². The standard InChI is InChI=1S/C16H18N6O3/c1-22(2)15(25)11-6-10-8-18-16(21-14(10)19-11)20-12-4-3-9(7-17-12)5-13(23)24/h3-4,6-8,13,23-24H,5H2,1-2H3,(H2,17,18,19,20,21). The number of hydrogen-bond acceptors (Lipinski definition) is 7. The van der Waals surface area contributed by atoms with Crippen LogP contribution in [0.5, 0.6) is 0 Å². The summed E-state index contributed by atoms with van der Waals surface area (Å²) in [7, 11) is 3.36. The molecule has 9 heteroatoms. The third-order valence-corrected chi connectivity index (χ3v) is 3.49. The summed E-state index contributed by atoms with van der Waals surface area (Å²) in [4.78, 5) is 29.2. The second-order valence-corrected chi connectivity index (χ2v) is 5.74. The van der Waals surface area contributed by atoms with Gasteiger partial charge in [-0.05, 0) is 17.7 Å². The molecule has 0 saturated heterocycles. The Balaban J connectivity index is 1.78. The topological polar surface area (TPSA) is 127 Å². The number of pyridine rings is 1. The zero-order valence-electron chi connectivity index (χ0n) is 13.8. The van der Waals surface area contributed by atoms with E-state index in [1.54, 1.807) is 44.7 Å². The maximum Gasteiger partial charge on any atom is 0.269 e. The first-order valence-corrected chi connectivity index (χ1v) is 7.58. The van der Waals surface area contributed by atoms with Crippen molar-refractivity contribution in [3.05, 3.63) is 41.9 Å². The summed E-state index contributed by atoms with van der Waals surface area (Å²) in [6.07, 6.45) is 1.87. The fraction of sp³-hybridized carbons (Fsp3) is 0.250. The molecule has 3 rings (SSSR count). The van der Waals surface area contributed by atoms with Crippen LogP contribution in [0, 0.1) is 0 Å². The molecule has 3 heterocycles. The van der Waals surface area contributed by atoms with Gasteiger partial charge in [0.2, 0.25) is 5.95 Å². The number of carbonyl (C=O) groups is 1. The van der Waals surface area contributed by atoms with E-state index in [4.69, 9.17) is 10.2 Å². The van der Waals surface area contributed by atoms with Crippen molar-refractivity contribution in [1.29, 1.82) is 0 Å². The van der Waals surface area contributed by atoms with Crippen molar-refractivity contribution < 1.29 is 15.0 Å². The molecule has 0 spiro atoms. The first-order valence-electron chi connectivity index (χ1n) is 7.58. The van der Waals surface area contributed by atoms with E-state index in [1.807, 2.05) is 0 Å². The fourth-order valence-electron chi connectivity index (χ4n) is 2.28. The van der Waals surface area contributed by atoms with Gasteiger partial charge in [0.05, 0.1) is 0 Å². The molecule has 130 valence electrons. The number of anilines is 2. The van der Waals surface area contributed by atoms with Crippen LogP contribution >= 0.6 is 0 Å². The number of amides is 1. The highest BCUT2D eigenvalue weighted by atomic mass is 16.5. The molecule has 9 nitrogen and oxygen atoms in total. The third-order valence-electron chi connectivity index (χ3n) is 3.49. The lowest BCUT2D eigenvalue weighted by Gasteiger charge is -2.07. The molecule has 0 aliphatic carbocycles. The van der Waals surface area contributed by atoms with E-state index in [2.05, 4.69) is 25.3 Å². The van der Waals surface area contributed by atoms with Crippen molar-refractivity contribution in [3.8, 4) is 0 Å². The summed E-state index contributed by atoms with van der Waals surface area (Å²) in [6, 6.07) is 5.13. The van der Waals surface area contributed by atoms with Crippen LogP contribution < -0.4 is 5.32 Å². The Kier molecular flexibility index (Phi) is 4.59. The smallest absolute Gasteiger partial charge is 0.269 e. The van der Waals surface area contributed by atoms with E-state index in [-0.39, 0.29) is 12.3 Å². The highest BCUT2D eigenvalue weighted by Crippen LogP contribution is 2.17. The van der Waals surface area contributed by atoms with E-state index < -0.39 is 6.29 Å². The van der Waals surface area contributed by atoms with Gasteiger partial charge < -0.3 is 25.4 Å². The van der Waals surface area contributed by atoms with Gasteiger partial charge in [0, 0.05) is 38.3 Å². The molecule has 0 aliphatic rings. The number of hydrogen-bond donors (Lipinski definition) is 4. The number of rotatable bonds is 5. The highest BCUT2D eigenvalue weighted by molar-refractivity contribution is 5.96. The second kappa shape index (κ2) is 6.83. The van der Waals surface area contributed by atoms with E-state index in [1.165, 1.54) is 4.90 Å². The number of H-pyrrole nitrogens is 1. The quantitative estimate of drug-likeness (QED) is 0.501. The van der Waals surface area contributed by atoms with Crippen molar-refractivity contribution in [2.45, 2.75) is 12.7 Å². The summed E-state index contributed by atoms with van der Waals surface area (Å²) < 4.78 is 0. The molecule has 0 atom stereocenters. The molecule has 25 heavy (non-hydrogen) atoms. The minimum atomic E-state index is -1.40. The normalized spacial score (nSPS) is 11.1. The van der Waals surface area contributed by atoms with Gasteiger partial charge in [-0.1, -0.05) is 6.07 Å². The molecule has 0 saturated carbocycles. The molecule has 3 aromatic heterocycles. The summed E-state index contributed by atoms with van der Waals surface area (Å²) in [5.41, 5.74) is 1.69. The molecule has 0 bridgehead atoms. The molecular weight excluding hydrogens is 324 g/mol. The minimum absolute atomic E-state index is 0.112. The van der Waals surface area contributed by atoms with Crippen LogP contribution in [0.3, 0.4) is 0 Å². The van der Waals surface area contributed by atoms with Crippen LogP contribution in [-0.2, 0) is 6.42 Å². The first kappa shape index (κ1) is 16.8. The number of nitrogens with one attached hydrogen (secondary N) is 2. The average Bonchev–Trinajstić information content (AvgIpc) is 2.98. The lowest BCUT2D eigenvalue weighted by atomic mass is 10.2. The Hall–Kier alpha value is -3.04.